The largest absolute Gasteiger partial charge is 0.496 e. The first-order chi connectivity index (χ1) is 19.3. The molecule has 1 saturated heterocycles. The van der Waals surface area contributed by atoms with Crippen molar-refractivity contribution >= 4 is 28.4 Å². The fourth-order valence-corrected chi connectivity index (χ4v) is 5.22. The quantitative estimate of drug-likeness (QED) is 0.302. The smallest absolute Gasteiger partial charge is 0.225 e. The van der Waals surface area contributed by atoms with Crippen LogP contribution in [0, 0.1) is 0 Å². The Bertz CT molecular complexity index is 1260. The molecule has 40 heavy (non-hydrogen) atoms. The topological polar surface area (TPSA) is 87.2 Å². The first-order valence-corrected chi connectivity index (χ1v) is 14.0. The van der Waals surface area contributed by atoms with E-state index in [9.17, 15) is 0 Å². The zero-order valence-electron chi connectivity index (χ0n) is 25.1. The average Bonchev–Trinajstić information content (AvgIpc) is 2.95. The SMILES string of the molecule is COc1cc2nc(NCCCN(C)C)nc(NC3CCN(Cc4c(OC)cccc4N(C)C)CC3)c2cc1OC. The van der Waals surface area contributed by atoms with Gasteiger partial charge >= 0.3 is 0 Å². The molecule has 2 aromatic carbocycles. The minimum Gasteiger partial charge on any atom is -0.496 e. The standard InChI is InChI=1S/C30H45N7O3/c1-35(2)15-9-14-31-30-33-24-19-28(40-7)27(39-6)18-22(24)29(34-30)32-21-12-16-37(17-13-21)20-23-25(36(3)4)10-8-11-26(23)38-5/h8,10-11,18-19,21H,9,12-17,20H2,1-7H3,(H2,31,32,33,34). The molecule has 1 fully saturated rings. The number of benzene rings is 2. The highest BCUT2D eigenvalue weighted by atomic mass is 16.5. The molecule has 0 aliphatic carbocycles. The van der Waals surface area contributed by atoms with Gasteiger partial charge in [-0.3, -0.25) is 4.90 Å². The van der Waals surface area contributed by atoms with E-state index in [0.717, 1.165) is 74.5 Å². The molecule has 10 nitrogen and oxygen atoms in total. The number of hydrogen-bond donors (Lipinski definition) is 2. The number of aromatic nitrogens is 2. The van der Waals surface area contributed by atoms with Crippen molar-refractivity contribution in [3.05, 3.63) is 35.9 Å². The highest BCUT2D eigenvalue weighted by molar-refractivity contribution is 5.92. The molecule has 0 unspecified atom stereocenters. The lowest BCUT2D eigenvalue weighted by Crippen LogP contribution is -2.39. The molecule has 0 bridgehead atoms. The van der Waals surface area contributed by atoms with Crippen molar-refractivity contribution in [3.8, 4) is 17.2 Å². The van der Waals surface area contributed by atoms with Gasteiger partial charge in [-0.1, -0.05) is 6.07 Å². The third-order valence-corrected chi connectivity index (χ3v) is 7.39. The minimum absolute atomic E-state index is 0.301. The molecule has 0 saturated carbocycles. The van der Waals surface area contributed by atoms with Crippen LogP contribution in [0.4, 0.5) is 17.5 Å². The van der Waals surface area contributed by atoms with Gasteiger partial charge in [0.25, 0.3) is 0 Å². The second-order valence-corrected chi connectivity index (χ2v) is 10.8. The van der Waals surface area contributed by atoms with Gasteiger partial charge in [-0.2, -0.15) is 4.98 Å². The number of methoxy groups -OCH3 is 3. The molecule has 218 valence electrons. The van der Waals surface area contributed by atoms with Crippen LogP contribution in [0.25, 0.3) is 10.9 Å². The van der Waals surface area contributed by atoms with Crippen LogP contribution in [0.2, 0.25) is 0 Å². The monoisotopic (exact) mass is 551 g/mol. The maximum absolute atomic E-state index is 5.70. The van der Waals surface area contributed by atoms with Crippen LogP contribution in [0.3, 0.4) is 0 Å². The lowest BCUT2D eigenvalue weighted by Gasteiger charge is -2.34. The number of nitrogens with zero attached hydrogens (tertiary/aromatic N) is 5. The van der Waals surface area contributed by atoms with E-state index in [1.165, 1.54) is 11.3 Å². The van der Waals surface area contributed by atoms with E-state index in [1.807, 2.05) is 18.2 Å². The Morgan fingerprint density at radius 1 is 0.925 bits per heavy atom. The highest BCUT2D eigenvalue weighted by Crippen LogP contribution is 2.36. The van der Waals surface area contributed by atoms with Gasteiger partial charge in [0.15, 0.2) is 11.5 Å². The van der Waals surface area contributed by atoms with E-state index in [0.29, 0.717) is 23.5 Å². The van der Waals surface area contributed by atoms with E-state index in [2.05, 4.69) is 65.7 Å². The summed E-state index contributed by atoms with van der Waals surface area (Å²) in [6.45, 7) is 4.63. The van der Waals surface area contributed by atoms with E-state index in [1.54, 1.807) is 21.3 Å². The third-order valence-electron chi connectivity index (χ3n) is 7.39. The lowest BCUT2D eigenvalue weighted by atomic mass is 10.0. The molecular formula is C30H45N7O3. The summed E-state index contributed by atoms with van der Waals surface area (Å²) in [4.78, 5) is 16.5. The first kappa shape index (κ1) is 29.5. The van der Waals surface area contributed by atoms with Crippen molar-refractivity contribution in [1.29, 1.82) is 0 Å². The zero-order valence-corrected chi connectivity index (χ0v) is 25.1. The third kappa shape index (κ3) is 7.17. The maximum Gasteiger partial charge on any atom is 0.225 e. The second kappa shape index (κ2) is 13.7. The Labute approximate surface area is 238 Å². The van der Waals surface area contributed by atoms with Crippen LogP contribution in [-0.2, 0) is 6.54 Å². The van der Waals surface area contributed by atoms with Gasteiger partial charge < -0.3 is 34.6 Å². The van der Waals surface area contributed by atoms with Gasteiger partial charge in [-0.05, 0) is 58.1 Å². The molecule has 0 atom stereocenters. The number of hydrogen-bond acceptors (Lipinski definition) is 10. The number of nitrogens with one attached hydrogen (secondary N) is 2. The number of anilines is 3. The van der Waals surface area contributed by atoms with Gasteiger partial charge in [-0.15, -0.1) is 0 Å². The minimum atomic E-state index is 0.301. The normalized spacial score (nSPS) is 14.4. The van der Waals surface area contributed by atoms with E-state index in [4.69, 9.17) is 24.2 Å². The summed E-state index contributed by atoms with van der Waals surface area (Å²) in [6.07, 6.45) is 3.02. The van der Waals surface area contributed by atoms with Crippen LogP contribution in [0.5, 0.6) is 17.2 Å². The molecule has 0 radical (unpaired) electrons. The summed E-state index contributed by atoms with van der Waals surface area (Å²) < 4.78 is 16.8. The van der Waals surface area contributed by atoms with Gasteiger partial charge in [0.2, 0.25) is 5.95 Å². The second-order valence-electron chi connectivity index (χ2n) is 10.8. The Kier molecular flexibility index (Phi) is 10.1. The Balaban J connectivity index is 1.50. The van der Waals surface area contributed by atoms with Crippen molar-refractivity contribution in [1.82, 2.24) is 19.8 Å². The molecule has 4 rings (SSSR count). The number of rotatable bonds is 13. The van der Waals surface area contributed by atoms with E-state index < -0.39 is 0 Å². The highest BCUT2D eigenvalue weighted by Gasteiger charge is 2.23. The molecule has 2 N–H and O–H groups in total. The summed E-state index contributed by atoms with van der Waals surface area (Å²) in [5.74, 6) is 3.69. The predicted molar refractivity (Wildman–Crippen MR) is 164 cm³/mol. The summed E-state index contributed by atoms with van der Waals surface area (Å²) in [7, 11) is 13.4. The van der Waals surface area contributed by atoms with Crippen molar-refractivity contribution in [2.45, 2.75) is 31.8 Å². The van der Waals surface area contributed by atoms with E-state index >= 15 is 0 Å². The Hall–Kier alpha value is -3.50. The van der Waals surface area contributed by atoms with Crippen molar-refractivity contribution in [3.63, 3.8) is 0 Å². The molecule has 1 aliphatic rings. The summed E-state index contributed by atoms with van der Waals surface area (Å²) in [6, 6.07) is 10.4. The van der Waals surface area contributed by atoms with Crippen LogP contribution in [-0.4, -0.2) is 102 Å². The Morgan fingerprint density at radius 3 is 2.27 bits per heavy atom. The van der Waals surface area contributed by atoms with Gasteiger partial charge in [-0.25, -0.2) is 4.98 Å². The summed E-state index contributed by atoms with van der Waals surface area (Å²) in [5.41, 5.74) is 3.24. The van der Waals surface area contributed by atoms with Crippen LogP contribution in [0.1, 0.15) is 24.8 Å². The van der Waals surface area contributed by atoms with Crippen LogP contribution < -0.4 is 29.7 Å². The van der Waals surface area contributed by atoms with Gasteiger partial charge in [0.1, 0.15) is 11.6 Å². The lowest BCUT2D eigenvalue weighted by molar-refractivity contribution is 0.209. The number of ether oxygens (including phenoxy) is 3. The number of likely N-dealkylation sites (tertiary alicyclic amines) is 1. The van der Waals surface area contributed by atoms with Crippen molar-refractivity contribution in [2.75, 3.05) is 91.2 Å². The molecule has 0 amide bonds. The fraction of sp³-hybridized carbons (Fsp3) is 0.533. The predicted octanol–water partition coefficient (Wildman–Crippen LogP) is 4.16. The maximum atomic E-state index is 5.70. The first-order valence-electron chi connectivity index (χ1n) is 14.0. The van der Waals surface area contributed by atoms with Crippen molar-refractivity contribution < 1.29 is 14.2 Å². The number of piperidine rings is 1. The average molecular weight is 552 g/mol. The summed E-state index contributed by atoms with van der Waals surface area (Å²) >= 11 is 0. The fourth-order valence-electron chi connectivity index (χ4n) is 5.22. The van der Waals surface area contributed by atoms with Crippen molar-refractivity contribution in [2.24, 2.45) is 0 Å². The Morgan fingerprint density at radius 2 is 1.62 bits per heavy atom. The molecule has 3 aromatic rings. The van der Waals surface area contributed by atoms with E-state index in [-0.39, 0.29) is 0 Å². The van der Waals surface area contributed by atoms with Crippen LogP contribution >= 0.6 is 0 Å². The molecular weight excluding hydrogens is 506 g/mol. The van der Waals surface area contributed by atoms with Gasteiger partial charge in [0.05, 0.1) is 26.8 Å². The number of fused-ring (bicyclic) bond motifs is 1. The van der Waals surface area contributed by atoms with Crippen LogP contribution in [0.15, 0.2) is 30.3 Å². The molecule has 1 aromatic heterocycles. The van der Waals surface area contributed by atoms with Gasteiger partial charge in [0, 0.05) is 69.0 Å². The molecule has 2 heterocycles. The summed E-state index contributed by atoms with van der Waals surface area (Å²) in [5, 5.41) is 8.07. The zero-order chi connectivity index (χ0) is 28.6. The molecule has 1 aliphatic heterocycles. The molecule has 10 heteroatoms. The molecule has 0 spiro atoms.